The normalized spacial score (nSPS) is 16.3. The van der Waals surface area contributed by atoms with Crippen LogP contribution in [-0.2, 0) is 0 Å². The van der Waals surface area contributed by atoms with E-state index in [-0.39, 0.29) is 11.6 Å². The Bertz CT molecular complexity index is 442. The molecule has 19 heavy (non-hydrogen) atoms. The van der Waals surface area contributed by atoms with E-state index in [2.05, 4.69) is 5.32 Å². The number of halogens is 1. The molecule has 1 aliphatic carbocycles. The van der Waals surface area contributed by atoms with E-state index in [9.17, 15) is 9.18 Å². The van der Waals surface area contributed by atoms with E-state index in [1.165, 1.54) is 44.2 Å². The molecule has 1 fully saturated rings. The Balaban J connectivity index is 1.78. The molecule has 104 valence electrons. The van der Waals surface area contributed by atoms with E-state index >= 15 is 0 Å². The van der Waals surface area contributed by atoms with Crippen molar-refractivity contribution >= 4 is 11.6 Å². The Morgan fingerprint density at radius 1 is 1.32 bits per heavy atom. The van der Waals surface area contributed by atoms with Crippen molar-refractivity contribution in [2.24, 2.45) is 5.92 Å². The Morgan fingerprint density at radius 2 is 2.05 bits per heavy atom. The van der Waals surface area contributed by atoms with E-state index < -0.39 is 5.82 Å². The average Bonchev–Trinajstić information content (AvgIpc) is 2.43. The first-order valence-corrected chi connectivity index (χ1v) is 7.00. The van der Waals surface area contributed by atoms with Crippen molar-refractivity contribution in [1.29, 1.82) is 0 Å². The SMILES string of the molecule is Nc1ccc(C(=O)NCCC2CCCCC2)cc1F. The quantitative estimate of drug-likeness (QED) is 0.821. The predicted octanol–water partition coefficient (Wildman–Crippen LogP) is 3.11. The molecule has 0 unspecified atom stereocenters. The van der Waals surface area contributed by atoms with E-state index in [0.29, 0.717) is 12.1 Å². The first kappa shape index (κ1) is 13.8. The zero-order valence-electron chi connectivity index (χ0n) is 11.1. The van der Waals surface area contributed by atoms with Gasteiger partial charge in [-0.1, -0.05) is 32.1 Å². The number of benzene rings is 1. The van der Waals surface area contributed by atoms with Gasteiger partial charge in [0.2, 0.25) is 0 Å². The van der Waals surface area contributed by atoms with Gasteiger partial charge < -0.3 is 11.1 Å². The molecule has 0 spiro atoms. The molecule has 0 aliphatic heterocycles. The molecule has 0 aromatic heterocycles. The minimum atomic E-state index is -0.542. The minimum Gasteiger partial charge on any atom is -0.396 e. The number of carbonyl (C=O) groups is 1. The monoisotopic (exact) mass is 264 g/mol. The van der Waals surface area contributed by atoms with Gasteiger partial charge in [0.15, 0.2) is 0 Å². The summed E-state index contributed by atoms with van der Waals surface area (Å²) in [4.78, 5) is 11.8. The van der Waals surface area contributed by atoms with Crippen LogP contribution in [0.4, 0.5) is 10.1 Å². The molecule has 3 nitrogen and oxygen atoms in total. The second-order valence-corrected chi connectivity index (χ2v) is 5.28. The molecule has 2 rings (SSSR count). The van der Waals surface area contributed by atoms with Crippen LogP contribution in [0.3, 0.4) is 0 Å². The van der Waals surface area contributed by atoms with Gasteiger partial charge in [-0.2, -0.15) is 0 Å². The first-order valence-electron chi connectivity index (χ1n) is 7.00. The third kappa shape index (κ3) is 3.94. The summed E-state index contributed by atoms with van der Waals surface area (Å²) >= 11 is 0. The van der Waals surface area contributed by atoms with Crippen molar-refractivity contribution in [3.63, 3.8) is 0 Å². The number of amides is 1. The largest absolute Gasteiger partial charge is 0.396 e. The second-order valence-electron chi connectivity index (χ2n) is 5.28. The highest BCUT2D eigenvalue weighted by molar-refractivity contribution is 5.94. The smallest absolute Gasteiger partial charge is 0.251 e. The Kier molecular flexibility index (Phi) is 4.77. The van der Waals surface area contributed by atoms with Crippen molar-refractivity contribution in [2.75, 3.05) is 12.3 Å². The number of nitrogens with one attached hydrogen (secondary N) is 1. The van der Waals surface area contributed by atoms with Crippen LogP contribution in [0, 0.1) is 11.7 Å². The number of carbonyl (C=O) groups excluding carboxylic acids is 1. The van der Waals surface area contributed by atoms with E-state index in [1.807, 2.05) is 0 Å². The van der Waals surface area contributed by atoms with Crippen molar-refractivity contribution in [3.05, 3.63) is 29.6 Å². The van der Waals surface area contributed by atoms with Crippen LogP contribution in [0.25, 0.3) is 0 Å². The lowest BCUT2D eigenvalue weighted by atomic mass is 9.87. The van der Waals surface area contributed by atoms with Gasteiger partial charge in [0.25, 0.3) is 5.91 Å². The third-order valence-electron chi connectivity index (χ3n) is 3.83. The van der Waals surface area contributed by atoms with Gasteiger partial charge in [0.05, 0.1) is 5.69 Å². The number of nitrogen functional groups attached to an aromatic ring is 1. The van der Waals surface area contributed by atoms with Crippen molar-refractivity contribution in [2.45, 2.75) is 38.5 Å². The summed E-state index contributed by atoms with van der Waals surface area (Å²) in [6.07, 6.45) is 7.51. The van der Waals surface area contributed by atoms with E-state index in [1.54, 1.807) is 6.07 Å². The van der Waals surface area contributed by atoms with Crippen LogP contribution < -0.4 is 11.1 Å². The molecule has 1 aromatic rings. The van der Waals surface area contributed by atoms with Crippen LogP contribution >= 0.6 is 0 Å². The molecule has 0 bridgehead atoms. The number of rotatable bonds is 4. The lowest BCUT2D eigenvalue weighted by molar-refractivity contribution is 0.0950. The summed E-state index contributed by atoms with van der Waals surface area (Å²) in [6, 6.07) is 4.16. The maximum Gasteiger partial charge on any atom is 0.251 e. The molecule has 4 heteroatoms. The molecule has 0 atom stereocenters. The Labute approximate surface area is 113 Å². The molecular formula is C15H21FN2O. The summed E-state index contributed by atoms with van der Waals surface area (Å²) < 4.78 is 13.2. The summed E-state index contributed by atoms with van der Waals surface area (Å²) in [5.74, 6) is -0.0353. The molecule has 1 aromatic carbocycles. The summed E-state index contributed by atoms with van der Waals surface area (Å²) in [6.45, 7) is 0.662. The van der Waals surface area contributed by atoms with Gasteiger partial charge in [0, 0.05) is 12.1 Å². The fourth-order valence-corrected chi connectivity index (χ4v) is 2.64. The van der Waals surface area contributed by atoms with E-state index in [4.69, 9.17) is 5.73 Å². The van der Waals surface area contributed by atoms with Crippen LogP contribution in [0.1, 0.15) is 48.9 Å². The molecule has 3 N–H and O–H groups in total. The molecule has 1 saturated carbocycles. The summed E-state index contributed by atoms with van der Waals surface area (Å²) in [5.41, 5.74) is 5.78. The van der Waals surface area contributed by atoms with E-state index in [0.717, 1.165) is 12.3 Å². The highest BCUT2D eigenvalue weighted by atomic mass is 19.1. The maximum absolute atomic E-state index is 13.2. The van der Waals surface area contributed by atoms with Crippen LogP contribution in [-0.4, -0.2) is 12.5 Å². The average molecular weight is 264 g/mol. The predicted molar refractivity (Wildman–Crippen MR) is 74.3 cm³/mol. The molecule has 0 heterocycles. The zero-order valence-corrected chi connectivity index (χ0v) is 11.1. The molecular weight excluding hydrogens is 243 g/mol. The van der Waals surface area contributed by atoms with Crippen molar-refractivity contribution in [1.82, 2.24) is 5.32 Å². The summed E-state index contributed by atoms with van der Waals surface area (Å²) in [5, 5.41) is 2.85. The Morgan fingerprint density at radius 3 is 2.74 bits per heavy atom. The fourth-order valence-electron chi connectivity index (χ4n) is 2.64. The molecule has 1 amide bonds. The van der Waals surface area contributed by atoms with Gasteiger partial charge in [-0.05, 0) is 30.5 Å². The highest BCUT2D eigenvalue weighted by Gasteiger charge is 2.14. The fraction of sp³-hybridized carbons (Fsp3) is 0.533. The molecule has 0 saturated heterocycles. The highest BCUT2D eigenvalue weighted by Crippen LogP contribution is 2.25. The standard InChI is InChI=1S/C15H21FN2O/c16-13-10-12(6-7-14(13)17)15(19)18-9-8-11-4-2-1-3-5-11/h6-7,10-11H,1-5,8-9,17H2,(H,18,19). The number of nitrogens with two attached hydrogens (primary N) is 1. The van der Waals surface area contributed by atoms with Gasteiger partial charge in [0.1, 0.15) is 5.82 Å². The number of anilines is 1. The third-order valence-corrected chi connectivity index (χ3v) is 3.83. The first-order chi connectivity index (χ1) is 9.16. The maximum atomic E-state index is 13.2. The van der Waals surface area contributed by atoms with Crippen LogP contribution in [0.15, 0.2) is 18.2 Å². The van der Waals surface area contributed by atoms with Gasteiger partial charge >= 0.3 is 0 Å². The number of hydrogen-bond acceptors (Lipinski definition) is 2. The van der Waals surface area contributed by atoms with Gasteiger partial charge in [-0.15, -0.1) is 0 Å². The summed E-state index contributed by atoms with van der Waals surface area (Å²) in [7, 11) is 0. The lowest BCUT2D eigenvalue weighted by Gasteiger charge is -2.21. The molecule has 1 aliphatic rings. The zero-order chi connectivity index (χ0) is 13.7. The topological polar surface area (TPSA) is 55.1 Å². The van der Waals surface area contributed by atoms with Gasteiger partial charge in [-0.3, -0.25) is 4.79 Å². The number of hydrogen-bond donors (Lipinski definition) is 2. The van der Waals surface area contributed by atoms with Crippen molar-refractivity contribution in [3.8, 4) is 0 Å². The van der Waals surface area contributed by atoms with Crippen LogP contribution in [0.5, 0.6) is 0 Å². The Hall–Kier alpha value is -1.58. The minimum absolute atomic E-state index is 0.0683. The van der Waals surface area contributed by atoms with Crippen molar-refractivity contribution < 1.29 is 9.18 Å². The molecule has 0 radical (unpaired) electrons. The van der Waals surface area contributed by atoms with Crippen LogP contribution in [0.2, 0.25) is 0 Å². The van der Waals surface area contributed by atoms with Gasteiger partial charge in [-0.25, -0.2) is 4.39 Å². The lowest BCUT2D eigenvalue weighted by Crippen LogP contribution is -2.26. The second kappa shape index (κ2) is 6.55.